The Morgan fingerprint density at radius 1 is 1.43 bits per heavy atom. The van der Waals surface area contributed by atoms with Gasteiger partial charge in [-0.3, -0.25) is 4.79 Å². The second kappa shape index (κ2) is 6.17. The zero-order chi connectivity index (χ0) is 15.6. The summed E-state index contributed by atoms with van der Waals surface area (Å²) in [5.41, 5.74) is 5.20. The number of carbonyl (C=O) groups excluding carboxylic acids is 1. The van der Waals surface area contributed by atoms with Gasteiger partial charge in [-0.1, -0.05) is 6.07 Å². The molecule has 1 atom stereocenters. The Morgan fingerprint density at radius 2 is 2.14 bits per heavy atom. The average Bonchev–Trinajstić information content (AvgIpc) is 2.79. The Hall–Kier alpha value is -2.03. The molecule has 0 fully saturated rings. The number of nitrogens with one attached hydrogen (secondary N) is 1. The summed E-state index contributed by atoms with van der Waals surface area (Å²) in [5, 5.41) is 21.4. The van der Waals surface area contributed by atoms with Crippen LogP contribution in [0.2, 0.25) is 0 Å². The van der Waals surface area contributed by atoms with E-state index in [1.54, 1.807) is 6.07 Å². The zero-order valence-electron chi connectivity index (χ0n) is 10.8. The lowest BCUT2D eigenvalue weighted by Crippen LogP contribution is -2.37. The maximum absolute atomic E-state index is 13.9. The number of hydrogen-bond acceptors (Lipinski definition) is 5. The molecule has 2 rings (SSSR count). The van der Waals surface area contributed by atoms with Crippen molar-refractivity contribution in [1.82, 2.24) is 5.32 Å². The number of benzene rings is 1. The standard InChI is InChI=1S/C13H13FN2O4S/c14-7-2-1-3-9-10(7)6(11(21-9)13(19)20)4-16-5-8(17)12(15)18/h1-3,8,16-17H,4-5H2,(H2,15,18)(H,19,20). The predicted molar refractivity (Wildman–Crippen MR) is 75.7 cm³/mol. The molecule has 0 saturated carbocycles. The first-order valence-electron chi connectivity index (χ1n) is 6.03. The summed E-state index contributed by atoms with van der Waals surface area (Å²) in [6.45, 7) is -0.132. The third kappa shape index (κ3) is 3.18. The third-order valence-electron chi connectivity index (χ3n) is 2.93. The monoisotopic (exact) mass is 312 g/mol. The minimum Gasteiger partial charge on any atom is -0.477 e. The van der Waals surface area contributed by atoms with E-state index in [0.29, 0.717) is 4.70 Å². The number of hydrogen-bond donors (Lipinski definition) is 4. The Kier molecular flexibility index (Phi) is 4.51. The molecule has 1 aromatic heterocycles. The minimum absolute atomic E-state index is 0.00685. The third-order valence-corrected chi connectivity index (χ3v) is 4.11. The predicted octanol–water partition coefficient (Wildman–Crippen LogP) is 0.674. The van der Waals surface area contributed by atoms with Crippen molar-refractivity contribution in [2.45, 2.75) is 12.6 Å². The van der Waals surface area contributed by atoms with Crippen molar-refractivity contribution in [3.05, 3.63) is 34.5 Å². The van der Waals surface area contributed by atoms with E-state index in [-0.39, 0.29) is 28.9 Å². The van der Waals surface area contributed by atoms with E-state index in [4.69, 9.17) is 5.73 Å². The number of thiophene rings is 1. The van der Waals surface area contributed by atoms with Crippen LogP contribution in [0.4, 0.5) is 4.39 Å². The Morgan fingerprint density at radius 3 is 2.76 bits per heavy atom. The van der Waals surface area contributed by atoms with Crippen LogP contribution < -0.4 is 11.1 Å². The van der Waals surface area contributed by atoms with Crippen molar-refractivity contribution >= 4 is 33.3 Å². The topological polar surface area (TPSA) is 113 Å². The highest BCUT2D eigenvalue weighted by Crippen LogP contribution is 2.33. The normalized spacial score (nSPS) is 12.5. The number of fused-ring (bicyclic) bond motifs is 1. The van der Waals surface area contributed by atoms with Gasteiger partial charge in [-0.25, -0.2) is 9.18 Å². The summed E-state index contributed by atoms with van der Waals surface area (Å²) in [6, 6.07) is 4.40. The second-order valence-corrected chi connectivity index (χ2v) is 5.43. The molecule has 1 amide bonds. The molecule has 2 aromatic rings. The van der Waals surface area contributed by atoms with Crippen molar-refractivity contribution < 1.29 is 24.2 Å². The van der Waals surface area contributed by atoms with Crippen LogP contribution in [0.15, 0.2) is 18.2 Å². The zero-order valence-corrected chi connectivity index (χ0v) is 11.6. The van der Waals surface area contributed by atoms with Crippen LogP contribution in [-0.2, 0) is 11.3 Å². The maximum Gasteiger partial charge on any atom is 0.346 e. The lowest BCUT2D eigenvalue weighted by Gasteiger charge is -2.09. The molecule has 1 aromatic carbocycles. The Labute approximate surface area is 123 Å². The molecule has 1 heterocycles. The van der Waals surface area contributed by atoms with Gasteiger partial charge in [-0.15, -0.1) is 11.3 Å². The molecular formula is C13H13FN2O4S. The Balaban J connectivity index is 2.30. The van der Waals surface area contributed by atoms with Gasteiger partial charge in [-0.2, -0.15) is 0 Å². The summed E-state index contributed by atoms with van der Waals surface area (Å²) in [5.74, 6) is -2.55. The second-order valence-electron chi connectivity index (χ2n) is 4.38. The molecule has 8 heteroatoms. The van der Waals surface area contributed by atoms with Gasteiger partial charge < -0.3 is 21.3 Å². The van der Waals surface area contributed by atoms with Crippen molar-refractivity contribution in [3.63, 3.8) is 0 Å². The summed E-state index contributed by atoms with van der Waals surface area (Å²) in [4.78, 5) is 22.0. The molecule has 112 valence electrons. The number of rotatable bonds is 6. The highest BCUT2D eigenvalue weighted by Gasteiger charge is 2.20. The van der Waals surface area contributed by atoms with E-state index in [1.807, 2.05) is 0 Å². The number of primary amides is 1. The maximum atomic E-state index is 13.9. The van der Waals surface area contributed by atoms with Crippen molar-refractivity contribution in [3.8, 4) is 0 Å². The van der Waals surface area contributed by atoms with Crippen molar-refractivity contribution in [2.75, 3.05) is 6.54 Å². The molecule has 0 aliphatic rings. The van der Waals surface area contributed by atoms with Gasteiger partial charge in [0, 0.05) is 28.7 Å². The van der Waals surface area contributed by atoms with Crippen LogP contribution in [0.25, 0.3) is 10.1 Å². The van der Waals surface area contributed by atoms with Crippen LogP contribution in [-0.4, -0.2) is 34.7 Å². The number of carboxylic acids is 1. The molecular weight excluding hydrogens is 299 g/mol. The summed E-state index contributed by atoms with van der Waals surface area (Å²) >= 11 is 0.978. The molecule has 0 bridgehead atoms. The number of halogens is 1. The quantitative estimate of drug-likeness (QED) is 0.626. The van der Waals surface area contributed by atoms with Crippen LogP contribution >= 0.6 is 11.3 Å². The van der Waals surface area contributed by atoms with Crippen LogP contribution in [0.3, 0.4) is 0 Å². The van der Waals surface area contributed by atoms with Gasteiger partial charge in [0.05, 0.1) is 0 Å². The number of aliphatic hydroxyl groups is 1. The molecule has 1 unspecified atom stereocenters. The fraction of sp³-hybridized carbons (Fsp3) is 0.231. The number of amides is 1. The minimum atomic E-state index is -1.38. The first kappa shape index (κ1) is 15.4. The van der Waals surface area contributed by atoms with Crippen molar-refractivity contribution in [2.24, 2.45) is 5.73 Å². The molecule has 6 nitrogen and oxygen atoms in total. The van der Waals surface area contributed by atoms with E-state index < -0.39 is 23.8 Å². The number of carbonyl (C=O) groups is 2. The number of carboxylic acid groups (broad SMARTS) is 1. The lowest BCUT2D eigenvalue weighted by atomic mass is 10.1. The number of aliphatic hydroxyl groups excluding tert-OH is 1. The van der Waals surface area contributed by atoms with Gasteiger partial charge in [-0.05, 0) is 12.1 Å². The molecule has 0 spiro atoms. The van der Waals surface area contributed by atoms with E-state index >= 15 is 0 Å². The molecule has 5 N–H and O–H groups in total. The largest absolute Gasteiger partial charge is 0.477 e. The lowest BCUT2D eigenvalue weighted by molar-refractivity contribution is -0.125. The van der Waals surface area contributed by atoms with Crippen molar-refractivity contribution in [1.29, 1.82) is 0 Å². The molecule has 0 aliphatic heterocycles. The smallest absolute Gasteiger partial charge is 0.346 e. The SMILES string of the molecule is NC(=O)C(O)CNCc1c(C(=O)O)sc2cccc(F)c12. The van der Waals surface area contributed by atoms with Crippen LogP contribution in [0.1, 0.15) is 15.2 Å². The van der Waals surface area contributed by atoms with E-state index in [2.05, 4.69) is 5.32 Å². The molecule has 0 aliphatic carbocycles. The summed E-state index contributed by atoms with van der Waals surface area (Å²) in [7, 11) is 0. The average molecular weight is 312 g/mol. The van der Waals surface area contributed by atoms with Crippen LogP contribution in [0, 0.1) is 5.82 Å². The van der Waals surface area contributed by atoms with E-state index in [0.717, 1.165) is 11.3 Å². The van der Waals surface area contributed by atoms with Gasteiger partial charge in [0.15, 0.2) is 0 Å². The molecule has 0 saturated heterocycles. The summed E-state index contributed by atoms with van der Waals surface area (Å²) in [6.07, 6.45) is -1.38. The first-order valence-corrected chi connectivity index (χ1v) is 6.84. The number of aromatic carboxylic acids is 1. The van der Waals surface area contributed by atoms with Crippen LogP contribution in [0.5, 0.6) is 0 Å². The Bertz CT molecular complexity index is 701. The summed E-state index contributed by atoms with van der Waals surface area (Å²) < 4.78 is 14.4. The van der Waals surface area contributed by atoms with Gasteiger partial charge in [0.2, 0.25) is 5.91 Å². The molecule has 0 radical (unpaired) electrons. The van der Waals surface area contributed by atoms with E-state index in [9.17, 15) is 24.2 Å². The van der Waals surface area contributed by atoms with Gasteiger partial charge in [0.1, 0.15) is 16.8 Å². The fourth-order valence-corrected chi connectivity index (χ4v) is 3.02. The van der Waals surface area contributed by atoms with Gasteiger partial charge >= 0.3 is 5.97 Å². The first-order chi connectivity index (χ1) is 9.91. The fourth-order valence-electron chi connectivity index (χ4n) is 1.94. The number of nitrogens with two attached hydrogens (primary N) is 1. The highest BCUT2D eigenvalue weighted by atomic mass is 32.1. The highest BCUT2D eigenvalue weighted by molar-refractivity contribution is 7.21. The molecule has 21 heavy (non-hydrogen) atoms. The van der Waals surface area contributed by atoms with E-state index in [1.165, 1.54) is 12.1 Å². The van der Waals surface area contributed by atoms with Gasteiger partial charge in [0.25, 0.3) is 0 Å².